The first-order valence-electron chi connectivity index (χ1n) is 8.82. The molecule has 0 saturated heterocycles. The van der Waals surface area contributed by atoms with Crippen LogP contribution in [0, 0.1) is 10.1 Å². The van der Waals surface area contributed by atoms with Crippen LogP contribution in [-0.2, 0) is 4.79 Å². The number of para-hydroxylation sites is 1. The highest BCUT2D eigenvalue weighted by atomic mass is 79.9. The number of nitro benzene ring substituents is 1. The second-order valence-electron chi connectivity index (χ2n) is 6.19. The van der Waals surface area contributed by atoms with Gasteiger partial charge in [0.2, 0.25) is 0 Å². The molecule has 0 atom stereocenters. The number of carbonyl (C=O) groups is 2. The first-order valence-corrected chi connectivity index (χ1v) is 9.61. The van der Waals surface area contributed by atoms with E-state index in [0.29, 0.717) is 21.3 Å². The lowest BCUT2D eigenvalue weighted by Crippen LogP contribution is -2.30. The monoisotopic (exact) mass is 465 g/mol. The molecule has 3 rings (SSSR count). The van der Waals surface area contributed by atoms with E-state index >= 15 is 0 Å². The summed E-state index contributed by atoms with van der Waals surface area (Å²) in [7, 11) is 0. The summed E-state index contributed by atoms with van der Waals surface area (Å²) in [5.74, 6) is -1.05. The number of hydrogen-bond acceptors (Lipinski definition) is 4. The maximum Gasteiger partial charge on any atom is 0.272 e. The van der Waals surface area contributed by atoms with Crippen LogP contribution >= 0.6 is 15.9 Å². The molecule has 0 aliphatic rings. The number of carbonyl (C=O) groups excluding carboxylic acids is 2. The molecule has 0 heterocycles. The molecule has 0 aliphatic heterocycles. The molecule has 0 aliphatic carbocycles. The molecule has 3 aromatic carbocycles. The molecule has 0 aromatic heterocycles. The number of non-ortho nitro benzene ring substituents is 1. The molecule has 0 unspecified atom stereocenters. The Hall–Kier alpha value is -3.78. The van der Waals surface area contributed by atoms with E-state index in [2.05, 4.69) is 26.6 Å². The van der Waals surface area contributed by atoms with Crippen LogP contribution in [0.4, 0.5) is 11.4 Å². The standard InChI is InChI=1S/C22H16BrN3O4/c23-17-8-5-7-16(14-17)21(27)25-20(22(28)24-18-9-2-1-3-10-18)13-15-6-4-11-19(12-15)26(29)30/h1-14H,(H,24,28)(H,25,27). The smallest absolute Gasteiger partial charge is 0.272 e. The van der Waals surface area contributed by atoms with Gasteiger partial charge in [0.15, 0.2) is 0 Å². The van der Waals surface area contributed by atoms with Crippen molar-refractivity contribution in [2.45, 2.75) is 0 Å². The van der Waals surface area contributed by atoms with Gasteiger partial charge < -0.3 is 10.6 Å². The highest BCUT2D eigenvalue weighted by molar-refractivity contribution is 9.10. The molecule has 0 saturated carbocycles. The Labute approximate surface area is 180 Å². The minimum absolute atomic E-state index is 0.0515. The first-order chi connectivity index (χ1) is 14.4. The zero-order valence-electron chi connectivity index (χ0n) is 15.5. The zero-order chi connectivity index (χ0) is 21.5. The van der Waals surface area contributed by atoms with Crippen molar-refractivity contribution in [1.29, 1.82) is 0 Å². The van der Waals surface area contributed by atoms with Crippen molar-refractivity contribution in [3.8, 4) is 0 Å². The van der Waals surface area contributed by atoms with Gasteiger partial charge in [-0.3, -0.25) is 19.7 Å². The number of nitro groups is 1. The molecule has 0 fully saturated rings. The van der Waals surface area contributed by atoms with Crippen LogP contribution < -0.4 is 10.6 Å². The van der Waals surface area contributed by atoms with Crippen LogP contribution in [0.5, 0.6) is 0 Å². The van der Waals surface area contributed by atoms with Gasteiger partial charge >= 0.3 is 0 Å². The van der Waals surface area contributed by atoms with Gasteiger partial charge in [0.25, 0.3) is 17.5 Å². The molecule has 8 heteroatoms. The van der Waals surface area contributed by atoms with Crippen LogP contribution in [0.3, 0.4) is 0 Å². The fraction of sp³-hybridized carbons (Fsp3) is 0. The maximum atomic E-state index is 12.8. The minimum Gasteiger partial charge on any atom is -0.321 e. The van der Waals surface area contributed by atoms with Crippen LogP contribution in [0.2, 0.25) is 0 Å². The van der Waals surface area contributed by atoms with Gasteiger partial charge in [0.1, 0.15) is 5.70 Å². The molecule has 30 heavy (non-hydrogen) atoms. The average molecular weight is 466 g/mol. The Bertz CT molecular complexity index is 1130. The summed E-state index contributed by atoms with van der Waals surface area (Å²) in [6.45, 7) is 0. The molecule has 0 radical (unpaired) electrons. The first kappa shape index (κ1) is 20.9. The number of nitrogens with one attached hydrogen (secondary N) is 2. The molecule has 2 amide bonds. The van der Waals surface area contributed by atoms with Gasteiger partial charge in [-0.15, -0.1) is 0 Å². The van der Waals surface area contributed by atoms with E-state index in [4.69, 9.17) is 0 Å². The lowest BCUT2D eigenvalue weighted by Gasteiger charge is -2.11. The Balaban J connectivity index is 1.93. The Morgan fingerprint density at radius 2 is 1.67 bits per heavy atom. The third-order valence-electron chi connectivity index (χ3n) is 4.00. The van der Waals surface area contributed by atoms with Gasteiger partial charge in [-0.2, -0.15) is 0 Å². The molecule has 0 bridgehead atoms. The number of rotatable bonds is 6. The van der Waals surface area contributed by atoms with Crippen molar-refractivity contribution in [1.82, 2.24) is 5.32 Å². The summed E-state index contributed by atoms with van der Waals surface area (Å²) in [5.41, 5.74) is 1.12. The number of hydrogen-bond donors (Lipinski definition) is 2. The quantitative estimate of drug-likeness (QED) is 0.311. The molecule has 2 N–H and O–H groups in total. The van der Waals surface area contributed by atoms with Crippen molar-refractivity contribution in [3.05, 3.63) is 110 Å². The molecular formula is C22H16BrN3O4. The highest BCUT2D eigenvalue weighted by Crippen LogP contribution is 2.17. The molecule has 150 valence electrons. The van der Waals surface area contributed by atoms with Gasteiger partial charge in [-0.1, -0.05) is 52.3 Å². The van der Waals surface area contributed by atoms with E-state index in [-0.39, 0.29) is 11.4 Å². The number of amides is 2. The topological polar surface area (TPSA) is 101 Å². The Kier molecular flexibility index (Phi) is 6.71. The van der Waals surface area contributed by atoms with Crippen LogP contribution in [0.15, 0.2) is 89.0 Å². The third-order valence-corrected chi connectivity index (χ3v) is 4.50. The molecular weight excluding hydrogens is 450 g/mol. The maximum absolute atomic E-state index is 12.8. The fourth-order valence-electron chi connectivity index (χ4n) is 2.60. The van der Waals surface area contributed by atoms with Crippen molar-refractivity contribution in [2.75, 3.05) is 5.32 Å². The van der Waals surface area contributed by atoms with E-state index < -0.39 is 16.7 Å². The van der Waals surface area contributed by atoms with E-state index in [1.807, 2.05) is 6.07 Å². The SMILES string of the molecule is O=C(Nc1ccccc1)C(=Cc1cccc([N+](=O)[O-])c1)NC(=O)c1cccc(Br)c1. The minimum atomic E-state index is -0.559. The zero-order valence-corrected chi connectivity index (χ0v) is 17.1. The van der Waals surface area contributed by atoms with Gasteiger partial charge in [-0.05, 0) is 42.0 Å². The number of nitrogens with zero attached hydrogens (tertiary/aromatic N) is 1. The third kappa shape index (κ3) is 5.62. The Morgan fingerprint density at radius 1 is 0.933 bits per heavy atom. The van der Waals surface area contributed by atoms with E-state index in [9.17, 15) is 19.7 Å². The molecule has 7 nitrogen and oxygen atoms in total. The van der Waals surface area contributed by atoms with Crippen molar-refractivity contribution in [2.24, 2.45) is 0 Å². The summed E-state index contributed by atoms with van der Waals surface area (Å²) < 4.78 is 0.716. The summed E-state index contributed by atoms with van der Waals surface area (Å²) in [6.07, 6.45) is 1.39. The predicted molar refractivity (Wildman–Crippen MR) is 118 cm³/mol. The number of anilines is 1. The Morgan fingerprint density at radius 3 is 2.37 bits per heavy atom. The van der Waals surface area contributed by atoms with Gasteiger partial charge in [0.05, 0.1) is 4.92 Å². The van der Waals surface area contributed by atoms with Gasteiger partial charge in [0, 0.05) is 27.9 Å². The van der Waals surface area contributed by atoms with E-state index in [1.54, 1.807) is 54.6 Å². The van der Waals surface area contributed by atoms with Crippen molar-refractivity contribution in [3.63, 3.8) is 0 Å². The molecule has 0 spiro atoms. The van der Waals surface area contributed by atoms with Crippen LogP contribution in [0.25, 0.3) is 6.08 Å². The summed E-state index contributed by atoms with van der Waals surface area (Å²) in [5, 5.41) is 16.3. The van der Waals surface area contributed by atoms with E-state index in [1.165, 1.54) is 24.3 Å². The predicted octanol–water partition coefficient (Wildman–Crippen LogP) is 4.77. The van der Waals surface area contributed by atoms with Crippen molar-refractivity contribution < 1.29 is 14.5 Å². The second kappa shape index (κ2) is 9.62. The van der Waals surface area contributed by atoms with Crippen LogP contribution in [0.1, 0.15) is 15.9 Å². The van der Waals surface area contributed by atoms with Crippen molar-refractivity contribution >= 4 is 45.2 Å². The summed E-state index contributed by atoms with van der Waals surface area (Å²) in [6, 6.07) is 21.2. The fourth-order valence-corrected chi connectivity index (χ4v) is 3.00. The number of benzene rings is 3. The normalized spacial score (nSPS) is 10.9. The van der Waals surface area contributed by atoms with Gasteiger partial charge in [-0.25, -0.2) is 0 Å². The van der Waals surface area contributed by atoms with E-state index in [0.717, 1.165) is 0 Å². The average Bonchev–Trinajstić information content (AvgIpc) is 2.74. The molecule has 3 aromatic rings. The number of halogens is 1. The summed E-state index contributed by atoms with van der Waals surface area (Å²) >= 11 is 3.31. The highest BCUT2D eigenvalue weighted by Gasteiger charge is 2.16. The second-order valence-corrected chi connectivity index (χ2v) is 7.11. The lowest BCUT2D eigenvalue weighted by atomic mass is 10.1. The summed E-state index contributed by atoms with van der Waals surface area (Å²) in [4.78, 5) is 36.0. The van der Waals surface area contributed by atoms with Crippen LogP contribution in [-0.4, -0.2) is 16.7 Å². The lowest BCUT2D eigenvalue weighted by molar-refractivity contribution is -0.384. The largest absolute Gasteiger partial charge is 0.321 e.